The Balaban J connectivity index is 1.59. The number of aliphatic hydroxyl groups is 1. The van der Waals surface area contributed by atoms with Crippen LogP contribution in [0.2, 0.25) is 0 Å². The van der Waals surface area contributed by atoms with E-state index in [1.807, 2.05) is 12.1 Å². The van der Waals surface area contributed by atoms with Crippen LogP contribution in [0.1, 0.15) is 57.8 Å². The Labute approximate surface area is 155 Å². The molecule has 0 saturated heterocycles. The molecule has 4 rings (SSSR count). The van der Waals surface area contributed by atoms with Crippen molar-refractivity contribution >= 4 is 28.7 Å². The van der Waals surface area contributed by atoms with Crippen LogP contribution >= 0.6 is 11.3 Å². The molecule has 0 atom stereocenters. The van der Waals surface area contributed by atoms with Gasteiger partial charge in [-0.3, -0.25) is 14.6 Å². The Kier molecular flexibility index (Phi) is 4.44. The number of rotatable bonds is 5. The van der Waals surface area contributed by atoms with Crippen molar-refractivity contribution in [1.82, 2.24) is 9.97 Å². The van der Waals surface area contributed by atoms with Crippen LogP contribution in [0.15, 0.2) is 23.9 Å². The van der Waals surface area contributed by atoms with Crippen LogP contribution in [-0.2, 0) is 24.1 Å². The summed E-state index contributed by atoms with van der Waals surface area (Å²) in [7, 11) is 0. The van der Waals surface area contributed by atoms with E-state index < -0.39 is 0 Å². The van der Waals surface area contributed by atoms with Gasteiger partial charge in [-0.05, 0) is 57.1 Å². The zero-order valence-corrected chi connectivity index (χ0v) is 15.4. The zero-order chi connectivity index (χ0) is 18.3. The maximum absolute atomic E-state index is 12.8. The van der Waals surface area contributed by atoms with Crippen LogP contribution in [0, 0.1) is 5.92 Å². The molecular formula is C20H20N2O3S. The van der Waals surface area contributed by atoms with E-state index in [1.165, 1.54) is 31.1 Å². The second-order valence-electron chi connectivity index (χ2n) is 7.10. The predicted molar refractivity (Wildman–Crippen MR) is 99.4 cm³/mol. The molecule has 134 valence electrons. The average molecular weight is 368 g/mol. The molecule has 2 aliphatic carbocycles. The predicted octanol–water partition coefficient (Wildman–Crippen LogP) is 3.72. The fourth-order valence-corrected chi connectivity index (χ4v) is 4.38. The molecule has 1 N–H and O–H groups in total. The number of nitrogens with zero attached hydrogens (tertiary/aromatic N) is 2. The van der Waals surface area contributed by atoms with Gasteiger partial charge in [0.2, 0.25) is 5.78 Å². The minimum atomic E-state index is -0.182. The molecular weight excluding hydrogens is 348 g/mol. The fraction of sp³-hybridized carbons (Fsp3) is 0.400. The lowest BCUT2D eigenvalue weighted by Gasteiger charge is -2.14. The number of hydrogen-bond donors (Lipinski definition) is 1. The van der Waals surface area contributed by atoms with Crippen molar-refractivity contribution in [3.05, 3.63) is 50.7 Å². The average Bonchev–Trinajstić information content (AvgIpc) is 3.32. The van der Waals surface area contributed by atoms with E-state index in [9.17, 15) is 14.7 Å². The number of carbonyl (C=O) groups excluding carboxylic acids is 2. The molecule has 0 aliphatic heterocycles. The first kappa shape index (κ1) is 17.1. The van der Waals surface area contributed by atoms with Crippen molar-refractivity contribution < 1.29 is 14.7 Å². The van der Waals surface area contributed by atoms with Gasteiger partial charge in [-0.25, -0.2) is 4.98 Å². The van der Waals surface area contributed by atoms with Crippen molar-refractivity contribution in [2.24, 2.45) is 5.92 Å². The number of pyridine rings is 1. The van der Waals surface area contributed by atoms with E-state index >= 15 is 0 Å². The monoisotopic (exact) mass is 368 g/mol. The molecule has 1 fully saturated rings. The second-order valence-corrected chi connectivity index (χ2v) is 8.19. The Morgan fingerprint density at radius 3 is 2.77 bits per heavy atom. The molecule has 0 spiro atoms. The van der Waals surface area contributed by atoms with Crippen LogP contribution in [0.4, 0.5) is 0 Å². The van der Waals surface area contributed by atoms with Crippen LogP contribution in [0.3, 0.4) is 0 Å². The third kappa shape index (κ3) is 3.46. The first-order chi connectivity index (χ1) is 12.5. The number of aromatic nitrogens is 2. The molecule has 0 unspecified atom stereocenters. The number of aliphatic hydroxyl groups excluding tert-OH is 1. The molecule has 0 radical (unpaired) electrons. The van der Waals surface area contributed by atoms with E-state index in [0.29, 0.717) is 33.9 Å². The fourth-order valence-electron chi connectivity index (χ4n) is 3.23. The maximum atomic E-state index is 12.8. The number of hydrogen-bond acceptors (Lipinski definition) is 6. The van der Waals surface area contributed by atoms with Gasteiger partial charge >= 0.3 is 0 Å². The summed E-state index contributed by atoms with van der Waals surface area (Å²) in [4.78, 5) is 33.5. The number of thiazole rings is 1. The molecule has 2 heterocycles. The summed E-state index contributed by atoms with van der Waals surface area (Å²) in [5.41, 5.74) is 2.76. The number of Topliss-reactive ketones (excluding diaryl/α,β-unsaturated/α-hetero) is 2. The molecule has 2 aliphatic rings. The van der Waals surface area contributed by atoms with Gasteiger partial charge in [-0.2, -0.15) is 0 Å². The van der Waals surface area contributed by atoms with Gasteiger partial charge in [0, 0.05) is 23.0 Å². The van der Waals surface area contributed by atoms with Crippen LogP contribution in [-0.4, -0.2) is 26.6 Å². The number of aryl methyl sites for hydroxylation is 1. The van der Waals surface area contributed by atoms with Gasteiger partial charge in [0.1, 0.15) is 16.6 Å². The summed E-state index contributed by atoms with van der Waals surface area (Å²) in [6, 6.07) is 3.77. The highest BCUT2D eigenvalue weighted by Crippen LogP contribution is 2.34. The van der Waals surface area contributed by atoms with Gasteiger partial charge in [0.15, 0.2) is 0 Å². The number of allylic oxidation sites excluding steroid dienone is 1. The lowest BCUT2D eigenvalue weighted by molar-refractivity contribution is -0.116. The Morgan fingerprint density at radius 2 is 2.12 bits per heavy atom. The normalized spacial score (nSPS) is 18.6. The van der Waals surface area contributed by atoms with Gasteiger partial charge in [0.25, 0.3) is 0 Å². The first-order valence-electron chi connectivity index (χ1n) is 8.91. The van der Waals surface area contributed by atoms with Crippen molar-refractivity contribution in [3.63, 3.8) is 0 Å². The van der Waals surface area contributed by atoms with Crippen LogP contribution < -0.4 is 0 Å². The minimum Gasteiger partial charge on any atom is -0.507 e. The molecule has 2 aromatic rings. The summed E-state index contributed by atoms with van der Waals surface area (Å²) in [6.45, 7) is 1.51. The third-order valence-corrected chi connectivity index (χ3v) is 5.91. The molecule has 26 heavy (non-hydrogen) atoms. The summed E-state index contributed by atoms with van der Waals surface area (Å²) in [6.07, 6.45) is 6.48. The third-order valence-electron chi connectivity index (χ3n) is 4.81. The number of carbonyl (C=O) groups is 2. The Bertz CT molecular complexity index is 908. The van der Waals surface area contributed by atoms with Crippen molar-refractivity contribution in [3.8, 4) is 0 Å². The molecule has 6 heteroatoms. The van der Waals surface area contributed by atoms with Gasteiger partial charge in [0.05, 0.1) is 17.0 Å². The smallest absolute Gasteiger partial charge is 0.204 e. The summed E-state index contributed by atoms with van der Waals surface area (Å²) >= 11 is 1.26. The summed E-state index contributed by atoms with van der Waals surface area (Å²) < 4.78 is 0. The molecule has 0 bridgehead atoms. The van der Waals surface area contributed by atoms with Gasteiger partial charge in [-0.15, -0.1) is 11.3 Å². The van der Waals surface area contributed by atoms with Crippen molar-refractivity contribution in [1.29, 1.82) is 0 Å². The maximum Gasteiger partial charge on any atom is 0.204 e. The Hall–Kier alpha value is -2.34. The minimum absolute atomic E-state index is 0.00707. The van der Waals surface area contributed by atoms with Crippen molar-refractivity contribution in [2.45, 2.75) is 45.4 Å². The largest absolute Gasteiger partial charge is 0.507 e. The molecule has 0 aromatic carbocycles. The lowest BCUT2D eigenvalue weighted by atomic mass is 9.93. The van der Waals surface area contributed by atoms with E-state index in [4.69, 9.17) is 0 Å². The summed E-state index contributed by atoms with van der Waals surface area (Å²) in [5, 5.41) is 11.3. The van der Waals surface area contributed by atoms with Crippen LogP contribution in [0.5, 0.6) is 0 Å². The molecule has 1 saturated carbocycles. The highest BCUT2D eigenvalue weighted by molar-refractivity contribution is 7.14. The Morgan fingerprint density at radius 1 is 1.31 bits per heavy atom. The standard InChI is InChI=1S/C20H20N2O3S/c1-11(23)8-17-22-16-7-6-15(19(25)20(16)26-17)18(24)13-4-5-14(21-10-13)9-12-2-3-12/h4-5,10,12,24H,2-3,6-9H2,1H3/b18-15-. The lowest BCUT2D eigenvalue weighted by Crippen LogP contribution is -2.14. The molecule has 0 amide bonds. The highest BCUT2D eigenvalue weighted by atomic mass is 32.1. The van der Waals surface area contributed by atoms with E-state index in [2.05, 4.69) is 9.97 Å². The topological polar surface area (TPSA) is 80.2 Å². The number of fused-ring (bicyclic) bond motifs is 1. The van der Waals surface area contributed by atoms with E-state index in [0.717, 1.165) is 23.7 Å². The van der Waals surface area contributed by atoms with Gasteiger partial charge in [-0.1, -0.05) is 0 Å². The zero-order valence-electron chi connectivity index (χ0n) is 14.6. The van der Waals surface area contributed by atoms with Gasteiger partial charge < -0.3 is 5.11 Å². The first-order valence-corrected chi connectivity index (χ1v) is 9.73. The molecule has 2 aromatic heterocycles. The van der Waals surface area contributed by atoms with E-state index in [1.54, 1.807) is 6.20 Å². The highest BCUT2D eigenvalue weighted by Gasteiger charge is 2.29. The quantitative estimate of drug-likeness (QED) is 0.643. The summed E-state index contributed by atoms with van der Waals surface area (Å²) in [5.74, 6) is 0.611. The van der Waals surface area contributed by atoms with Crippen molar-refractivity contribution in [2.75, 3.05) is 0 Å². The molecule has 5 nitrogen and oxygen atoms in total. The number of ketones is 2. The second kappa shape index (κ2) is 6.76. The SMILES string of the molecule is CC(=O)Cc1nc2c(s1)C(=O)/C(=C(\O)c1ccc(CC3CC3)nc1)CC2. The van der Waals surface area contributed by atoms with Crippen LogP contribution in [0.25, 0.3) is 5.76 Å². The van der Waals surface area contributed by atoms with E-state index in [-0.39, 0.29) is 23.7 Å².